The van der Waals surface area contributed by atoms with Crippen LogP contribution in [0, 0.1) is 13.8 Å². The molecule has 3 aromatic rings. The van der Waals surface area contributed by atoms with Crippen LogP contribution in [-0.4, -0.2) is 27.6 Å². The van der Waals surface area contributed by atoms with E-state index in [0.717, 1.165) is 23.1 Å². The molecule has 154 valence electrons. The fourth-order valence-electron chi connectivity index (χ4n) is 3.86. The van der Waals surface area contributed by atoms with Crippen LogP contribution in [0.3, 0.4) is 0 Å². The molecule has 0 atom stereocenters. The number of rotatable bonds is 4. The molecule has 1 aliphatic rings. The van der Waals surface area contributed by atoms with E-state index in [4.69, 9.17) is 4.74 Å². The molecule has 30 heavy (non-hydrogen) atoms. The van der Waals surface area contributed by atoms with Crippen molar-refractivity contribution >= 4 is 5.91 Å². The van der Waals surface area contributed by atoms with Crippen molar-refractivity contribution < 1.29 is 19.7 Å². The zero-order valence-electron chi connectivity index (χ0n) is 17.2. The number of phenolic OH excluding ortho intramolecular Hbond substituents is 2. The molecule has 2 N–H and O–H groups in total. The van der Waals surface area contributed by atoms with E-state index < -0.39 is 0 Å². The monoisotopic (exact) mass is 403 g/mol. The lowest BCUT2D eigenvalue weighted by atomic mass is 9.96. The largest absolute Gasteiger partial charge is 0.507 e. The molecule has 5 nitrogen and oxygen atoms in total. The summed E-state index contributed by atoms with van der Waals surface area (Å²) in [6, 6.07) is 17.1. The minimum atomic E-state index is -0.300. The summed E-state index contributed by atoms with van der Waals surface area (Å²) in [5, 5.41) is 20.7. The van der Waals surface area contributed by atoms with Gasteiger partial charge in [0, 0.05) is 24.7 Å². The minimum absolute atomic E-state index is 0.0948. The lowest BCUT2D eigenvalue weighted by Gasteiger charge is -2.30. The Morgan fingerprint density at radius 2 is 1.77 bits per heavy atom. The summed E-state index contributed by atoms with van der Waals surface area (Å²) >= 11 is 0. The summed E-state index contributed by atoms with van der Waals surface area (Å²) in [4.78, 5) is 15.1. The summed E-state index contributed by atoms with van der Waals surface area (Å²) in [6.45, 7) is 4.99. The van der Waals surface area contributed by atoms with E-state index in [0.29, 0.717) is 18.7 Å². The third-order valence-electron chi connectivity index (χ3n) is 5.58. The number of phenols is 2. The number of ether oxygens (including phenoxy) is 1. The first kappa shape index (κ1) is 19.8. The van der Waals surface area contributed by atoms with E-state index in [1.165, 1.54) is 11.6 Å². The first-order valence-electron chi connectivity index (χ1n) is 10.0. The Balaban J connectivity index is 1.66. The van der Waals surface area contributed by atoms with Gasteiger partial charge in [-0.25, -0.2) is 0 Å². The van der Waals surface area contributed by atoms with Crippen LogP contribution in [0.5, 0.6) is 17.2 Å². The van der Waals surface area contributed by atoms with E-state index >= 15 is 0 Å². The summed E-state index contributed by atoms with van der Waals surface area (Å²) in [5.41, 5.74) is 4.98. The van der Waals surface area contributed by atoms with E-state index in [2.05, 4.69) is 18.2 Å². The topological polar surface area (TPSA) is 70.0 Å². The summed E-state index contributed by atoms with van der Waals surface area (Å²) in [7, 11) is 0. The van der Waals surface area contributed by atoms with Gasteiger partial charge < -0.3 is 19.8 Å². The first-order valence-corrected chi connectivity index (χ1v) is 10.0. The van der Waals surface area contributed by atoms with Crippen molar-refractivity contribution in [2.75, 3.05) is 6.54 Å². The van der Waals surface area contributed by atoms with E-state index in [1.807, 2.05) is 37.3 Å². The second-order valence-electron chi connectivity index (χ2n) is 7.77. The number of hydrogen-bond acceptors (Lipinski definition) is 4. The molecular formula is C25H25NO4. The molecule has 0 spiro atoms. The van der Waals surface area contributed by atoms with Crippen molar-refractivity contribution in [3.05, 3.63) is 88.0 Å². The fourth-order valence-corrected chi connectivity index (χ4v) is 3.86. The molecule has 4 rings (SSSR count). The molecule has 1 amide bonds. The second-order valence-corrected chi connectivity index (χ2v) is 7.77. The van der Waals surface area contributed by atoms with E-state index in [9.17, 15) is 15.0 Å². The molecule has 0 saturated heterocycles. The third kappa shape index (κ3) is 3.83. The van der Waals surface area contributed by atoms with Crippen molar-refractivity contribution in [2.24, 2.45) is 0 Å². The van der Waals surface area contributed by atoms with Crippen LogP contribution in [-0.2, 0) is 19.6 Å². The van der Waals surface area contributed by atoms with Gasteiger partial charge in [-0.2, -0.15) is 0 Å². The summed E-state index contributed by atoms with van der Waals surface area (Å²) in [5.74, 6) is -0.463. The maximum atomic E-state index is 13.4. The van der Waals surface area contributed by atoms with Crippen LogP contribution in [0.15, 0.2) is 54.6 Å². The van der Waals surface area contributed by atoms with Gasteiger partial charge in [-0.1, -0.05) is 54.1 Å². The highest BCUT2D eigenvalue weighted by Gasteiger charge is 2.29. The molecule has 0 unspecified atom stereocenters. The Morgan fingerprint density at radius 1 is 1.00 bits per heavy atom. The van der Waals surface area contributed by atoms with Crippen molar-refractivity contribution in [1.29, 1.82) is 0 Å². The van der Waals surface area contributed by atoms with E-state index in [1.54, 1.807) is 11.8 Å². The summed E-state index contributed by atoms with van der Waals surface area (Å²) < 4.78 is 5.95. The second kappa shape index (κ2) is 8.11. The molecule has 1 heterocycles. The van der Waals surface area contributed by atoms with Crippen molar-refractivity contribution in [3.63, 3.8) is 0 Å². The number of fused-ring (bicyclic) bond motifs is 1. The van der Waals surface area contributed by atoms with E-state index in [-0.39, 0.29) is 35.3 Å². The average molecular weight is 403 g/mol. The molecular weight excluding hydrogens is 378 g/mol. The SMILES string of the molecule is Cc1ccc2c(c1)CN(C(=O)c1c(O)cc(O)c(C)c1OCc1ccccc1)CC2. The van der Waals surface area contributed by atoms with Gasteiger partial charge in [-0.15, -0.1) is 0 Å². The number of aryl methyl sites for hydroxylation is 1. The lowest BCUT2D eigenvalue weighted by Crippen LogP contribution is -2.36. The number of nitrogens with zero attached hydrogens (tertiary/aromatic N) is 1. The van der Waals surface area contributed by atoms with Gasteiger partial charge in [0.2, 0.25) is 0 Å². The highest BCUT2D eigenvalue weighted by molar-refractivity contribution is 6.00. The Kier molecular flexibility index (Phi) is 5.36. The van der Waals surface area contributed by atoms with Crippen LogP contribution in [0.2, 0.25) is 0 Å². The molecule has 0 aliphatic carbocycles. The number of hydrogen-bond donors (Lipinski definition) is 2. The number of carbonyl (C=O) groups excluding carboxylic acids is 1. The number of benzene rings is 3. The van der Waals surface area contributed by atoms with Crippen molar-refractivity contribution in [3.8, 4) is 17.2 Å². The van der Waals surface area contributed by atoms with Gasteiger partial charge in [0.25, 0.3) is 5.91 Å². The number of amides is 1. The number of aromatic hydroxyl groups is 2. The van der Waals surface area contributed by atoms with Gasteiger partial charge in [-0.05, 0) is 37.0 Å². The predicted molar refractivity (Wildman–Crippen MR) is 115 cm³/mol. The normalized spacial score (nSPS) is 13.1. The maximum Gasteiger partial charge on any atom is 0.261 e. The van der Waals surface area contributed by atoms with Crippen LogP contribution < -0.4 is 4.74 Å². The van der Waals surface area contributed by atoms with Gasteiger partial charge >= 0.3 is 0 Å². The molecule has 0 aromatic heterocycles. The molecule has 1 aliphatic heterocycles. The smallest absolute Gasteiger partial charge is 0.261 e. The standard InChI is InChI=1S/C25H25NO4/c1-16-8-9-19-10-11-26(14-20(19)12-16)25(29)23-22(28)13-21(27)17(2)24(23)30-15-18-6-4-3-5-7-18/h3-9,12-13,27-28H,10-11,14-15H2,1-2H3. The fraction of sp³-hybridized carbons (Fsp3) is 0.240. The predicted octanol–water partition coefficient (Wildman–Crippen LogP) is 4.49. The molecule has 0 saturated carbocycles. The van der Waals surface area contributed by atoms with Crippen LogP contribution in [0.1, 0.15) is 38.2 Å². The Labute approximate surface area is 176 Å². The Hall–Kier alpha value is -3.47. The highest BCUT2D eigenvalue weighted by atomic mass is 16.5. The van der Waals surface area contributed by atoms with Crippen molar-refractivity contribution in [2.45, 2.75) is 33.4 Å². The lowest BCUT2D eigenvalue weighted by molar-refractivity contribution is 0.0726. The van der Waals surface area contributed by atoms with Gasteiger partial charge in [-0.3, -0.25) is 4.79 Å². The quantitative estimate of drug-likeness (QED) is 0.673. The zero-order chi connectivity index (χ0) is 21.3. The third-order valence-corrected chi connectivity index (χ3v) is 5.58. The first-order chi connectivity index (χ1) is 14.4. The molecule has 3 aromatic carbocycles. The minimum Gasteiger partial charge on any atom is -0.507 e. The average Bonchev–Trinajstić information content (AvgIpc) is 2.75. The van der Waals surface area contributed by atoms with Crippen LogP contribution in [0.4, 0.5) is 0 Å². The molecule has 5 heteroatoms. The Bertz CT molecular complexity index is 1090. The maximum absolute atomic E-state index is 13.4. The Morgan fingerprint density at radius 3 is 2.53 bits per heavy atom. The number of carbonyl (C=O) groups is 1. The molecule has 0 bridgehead atoms. The van der Waals surface area contributed by atoms with Crippen molar-refractivity contribution in [1.82, 2.24) is 4.90 Å². The van der Waals surface area contributed by atoms with Gasteiger partial charge in [0.05, 0.1) is 0 Å². The summed E-state index contributed by atoms with van der Waals surface area (Å²) in [6.07, 6.45) is 0.763. The van der Waals surface area contributed by atoms with Crippen LogP contribution >= 0.6 is 0 Å². The molecule has 0 radical (unpaired) electrons. The van der Waals surface area contributed by atoms with Gasteiger partial charge in [0.15, 0.2) is 0 Å². The van der Waals surface area contributed by atoms with Crippen LogP contribution in [0.25, 0.3) is 0 Å². The molecule has 0 fully saturated rings. The zero-order valence-corrected chi connectivity index (χ0v) is 17.2. The van der Waals surface area contributed by atoms with Gasteiger partial charge in [0.1, 0.15) is 29.4 Å². The highest BCUT2D eigenvalue weighted by Crippen LogP contribution is 2.39.